The van der Waals surface area contributed by atoms with E-state index >= 15 is 0 Å². The fraction of sp³-hybridized carbons (Fsp3) is 0.350. The molecule has 134 valence electrons. The Bertz CT molecular complexity index is 718. The second-order valence-corrected chi connectivity index (χ2v) is 6.56. The molecule has 1 amide bonds. The van der Waals surface area contributed by atoms with Gasteiger partial charge in [-0.3, -0.25) is 4.79 Å². The molecule has 0 saturated heterocycles. The maximum absolute atomic E-state index is 12.5. The minimum atomic E-state index is 0. The van der Waals surface area contributed by atoms with Gasteiger partial charge in [-0.05, 0) is 35.2 Å². The highest BCUT2D eigenvalue weighted by Crippen LogP contribution is 2.22. The van der Waals surface area contributed by atoms with Crippen LogP contribution < -0.4 is 15.5 Å². The summed E-state index contributed by atoms with van der Waals surface area (Å²) in [6, 6.07) is 16.4. The molecule has 0 saturated carbocycles. The van der Waals surface area contributed by atoms with Gasteiger partial charge in [-0.15, -0.1) is 12.4 Å². The number of hydrogen-bond donors (Lipinski definition) is 2. The normalized spacial score (nSPS) is 13.6. The van der Waals surface area contributed by atoms with Gasteiger partial charge in [0.05, 0.1) is 6.54 Å². The molecule has 5 heteroatoms. The lowest BCUT2D eigenvalue weighted by Gasteiger charge is -2.24. The van der Waals surface area contributed by atoms with Crippen LogP contribution in [0.1, 0.15) is 30.9 Å². The first-order valence-corrected chi connectivity index (χ1v) is 8.57. The molecule has 2 aromatic carbocycles. The van der Waals surface area contributed by atoms with Crippen LogP contribution in [0.5, 0.6) is 0 Å². The standard InChI is InChI=1S/C20H25N3O.ClH/c1-15(2)16-7-5-8-18(12-16)22-20(24)14-23-11-10-21-13-17-6-3-4-9-19(17)23;/h3-9,12,15,21H,10-11,13-14H2,1-2H3,(H,22,24);1H. The van der Waals surface area contributed by atoms with Crippen LogP contribution in [-0.4, -0.2) is 25.5 Å². The highest BCUT2D eigenvalue weighted by Gasteiger charge is 2.17. The molecule has 0 radical (unpaired) electrons. The molecule has 0 atom stereocenters. The number of halogens is 1. The number of fused-ring (bicyclic) bond motifs is 1. The highest BCUT2D eigenvalue weighted by atomic mass is 35.5. The second kappa shape index (κ2) is 8.88. The van der Waals surface area contributed by atoms with Crippen LogP contribution in [0.2, 0.25) is 0 Å². The SMILES string of the molecule is CC(C)c1cccc(NC(=O)CN2CCNCc3ccccc32)c1.Cl. The summed E-state index contributed by atoms with van der Waals surface area (Å²) in [6.07, 6.45) is 0. The Morgan fingerprint density at radius 2 is 2.00 bits per heavy atom. The quantitative estimate of drug-likeness (QED) is 0.873. The number of para-hydroxylation sites is 1. The first-order chi connectivity index (χ1) is 11.6. The molecule has 1 aliphatic heterocycles. The van der Waals surface area contributed by atoms with Gasteiger partial charge in [0.2, 0.25) is 5.91 Å². The van der Waals surface area contributed by atoms with Crippen molar-refractivity contribution in [3.05, 3.63) is 59.7 Å². The molecule has 25 heavy (non-hydrogen) atoms. The molecule has 0 fully saturated rings. The van der Waals surface area contributed by atoms with Crippen molar-refractivity contribution in [3.63, 3.8) is 0 Å². The zero-order chi connectivity index (χ0) is 16.9. The molecule has 1 aliphatic rings. The van der Waals surface area contributed by atoms with E-state index < -0.39 is 0 Å². The Balaban J connectivity index is 0.00000225. The summed E-state index contributed by atoms with van der Waals surface area (Å²) in [6.45, 7) is 7.24. The van der Waals surface area contributed by atoms with Crippen LogP contribution in [0.15, 0.2) is 48.5 Å². The van der Waals surface area contributed by atoms with Crippen molar-refractivity contribution in [2.24, 2.45) is 0 Å². The molecular weight excluding hydrogens is 334 g/mol. The second-order valence-electron chi connectivity index (χ2n) is 6.56. The third-order valence-corrected chi connectivity index (χ3v) is 4.38. The average molecular weight is 360 g/mol. The average Bonchev–Trinajstić information content (AvgIpc) is 2.77. The van der Waals surface area contributed by atoms with E-state index in [1.54, 1.807) is 0 Å². The Hall–Kier alpha value is -2.04. The molecule has 0 spiro atoms. The fourth-order valence-corrected chi connectivity index (χ4v) is 3.04. The number of carbonyl (C=O) groups is 1. The van der Waals surface area contributed by atoms with Gasteiger partial charge in [-0.2, -0.15) is 0 Å². The van der Waals surface area contributed by atoms with Crippen LogP contribution in [0.4, 0.5) is 11.4 Å². The number of rotatable bonds is 4. The predicted octanol–water partition coefficient (Wildman–Crippen LogP) is 3.78. The molecule has 2 aromatic rings. The molecule has 0 bridgehead atoms. The summed E-state index contributed by atoms with van der Waals surface area (Å²) in [5.41, 5.74) is 4.49. The molecule has 0 unspecified atom stereocenters. The summed E-state index contributed by atoms with van der Waals surface area (Å²) in [7, 11) is 0. The van der Waals surface area contributed by atoms with Gasteiger partial charge in [0.15, 0.2) is 0 Å². The lowest BCUT2D eigenvalue weighted by molar-refractivity contribution is -0.115. The van der Waals surface area contributed by atoms with E-state index in [4.69, 9.17) is 0 Å². The zero-order valence-corrected chi connectivity index (χ0v) is 15.6. The van der Waals surface area contributed by atoms with Gasteiger partial charge in [0.1, 0.15) is 0 Å². The smallest absolute Gasteiger partial charge is 0.243 e. The van der Waals surface area contributed by atoms with Crippen molar-refractivity contribution >= 4 is 29.7 Å². The summed E-state index contributed by atoms with van der Waals surface area (Å²) in [5.74, 6) is 0.470. The van der Waals surface area contributed by atoms with E-state index in [1.807, 2.05) is 24.3 Å². The molecular formula is C20H26ClN3O. The van der Waals surface area contributed by atoms with Crippen molar-refractivity contribution in [3.8, 4) is 0 Å². The number of anilines is 2. The van der Waals surface area contributed by atoms with E-state index in [0.29, 0.717) is 12.5 Å². The van der Waals surface area contributed by atoms with Crippen LogP contribution in [-0.2, 0) is 11.3 Å². The number of benzene rings is 2. The first kappa shape index (κ1) is 19.3. The van der Waals surface area contributed by atoms with Gasteiger partial charge in [-0.1, -0.05) is 44.2 Å². The Morgan fingerprint density at radius 1 is 1.20 bits per heavy atom. The van der Waals surface area contributed by atoms with E-state index in [1.165, 1.54) is 11.1 Å². The lowest BCUT2D eigenvalue weighted by Crippen LogP contribution is -2.36. The van der Waals surface area contributed by atoms with E-state index in [2.05, 4.69) is 53.6 Å². The largest absolute Gasteiger partial charge is 0.361 e. The van der Waals surface area contributed by atoms with Gasteiger partial charge >= 0.3 is 0 Å². The summed E-state index contributed by atoms with van der Waals surface area (Å²) >= 11 is 0. The monoisotopic (exact) mass is 359 g/mol. The topological polar surface area (TPSA) is 44.4 Å². The number of hydrogen-bond acceptors (Lipinski definition) is 3. The molecule has 1 heterocycles. The fourth-order valence-electron chi connectivity index (χ4n) is 3.04. The van der Waals surface area contributed by atoms with Gasteiger partial charge < -0.3 is 15.5 Å². The van der Waals surface area contributed by atoms with E-state index in [-0.39, 0.29) is 18.3 Å². The zero-order valence-electron chi connectivity index (χ0n) is 14.8. The van der Waals surface area contributed by atoms with Crippen molar-refractivity contribution in [2.75, 3.05) is 29.9 Å². The summed E-state index contributed by atoms with van der Waals surface area (Å²) < 4.78 is 0. The van der Waals surface area contributed by atoms with Crippen molar-refractivity contribution in [1.82, 2.24) is 5.32 Å². The summed E-state index contributed by atoms with van der Waals surface area (Å²) in [4.78, 5) is 14.7. The Morgan fingerprint density at radius 3 is 2.80 bits per heavy atom. The van der Waals surface area contributed by atoms with Crippen LogP contribution in [0.3, 0.4) is 0 Å². The van der Waals surface area contributed by atoms with Crippen molar-refractivity contribution in [1.29, 1.82) is 0 Å². The third-order valence-electron chi connectivity index (χ3n) is 4.38. The molecule has 2 N–H and O–H groups in total. The number of carbonyl (C=O) groups excluding carboxylic acids is 1. The molecule has 0 aliphatic carbocycles. The summed E-state index contributed by atoms with van der Waals surface area (Å²) in [5, 5.41) is 6.44. The van der Waals surface area contributed by atoms with Crippen molar-refractivity contribution < 1.29 is 4.79 Å². The maximum atomic E-state index is 12.5. The van der Waals surface area contributed by atoms with E-state index in [9.17, 15) is 4.79 Å². The highest BCUT2D eigenvalue weighted by molar-refractivity contribution is 5.94. The van der Waals surface area contributed by atoms with Crippen LogP contribution >= 0.6 is 12.4 Å². The minimum Gasteiger partial charge on any atom is -0.361 e. The molecule has 4 nitrogen and oxygen atoms in total. The lowest BCUT2D eigenvalue weighted by atomic mass is 10.0. The van der Waals surface area contributed by atoms with Gasteiger partial charge in [0, 0.05) is 31.0 Å². The van der Waals surface area contributed by atoms with Crippen molar-refractivity contribution in [2.45, 2.75) is 26.3 Å². The molecule has 3 rings (SSSR count). The predicted molar refractivity (Wildman–Crippen MR) is 107 cm³/mol. The number of nitrogens with one attached hydrogen (secondary N) is 2. The Labute approximate surface area is 156 Å². The maximum Gasteiger partial charge on any atom is 0.243 e. The van der Waals surface area contributed by atoms with Crippen LogP contribution in [0.25, 0.3) is 0 Å². The van der Waals surface area contributed by atoms with Gasteiger partial charge in [0.25, 0.3) is 0 Å². The number of nitrogens with zero attached hydrogens (tertiary/aromatic N) is 1. The number of amides is 1. The van der Waals surface area contributed by atoms with Crippen LogP contribution in [0, 0.1) is 0 Å². The minimum absolute atomic E-state index is 0. The third kappa shape index (κ3) is 4.97. The van der Waals surface area contributed by atoms with E-state index in [0.717, 1.165) is 31.0 Å². The molecule has 0 aromatic heterocycles. The Kier molecular flexibility index (Phi) is 6.85. The first-order valence-electron chi connectivity index (χ1n) is 8.57. The van der Waals surface area contributed by atoms with Gasteiger partial charge in [-0.25, -0.2) is 0 Å².